The largest absolute Gasteiger partial charge is 0.411 e. The van der Waals surface area contributed by atoms with E-state index in [2.05, 4.69) is 18.3 Å². The fourth-order valence-corrected chi connectivity index (χ4v) is 1.63. The van der Waals surface area contributed by atoms with Gasteiger partial charge in [0.05, 0.1) is 11.8 Å². The molecular formula is C14H18N3O2+. The molecule has 0 radical (unpaired) electrons. The van der Waals surface area contributed by atoms with Crippen molar-refractivity contribution >= 4 is 12.1 Å². The minimum absolute atomic E-state index is 0.0251. The molecule has 5 nitrogen and oxygen atoms in total. The van der Waals surface area contributed by atoms with Gasteiger partial charge in [0, 0.05) is 19.2 Å². The van der Waals surface area contributed by atoms with Crippen LogP contribution in [0.15, 0.2) is 55.0 Å². The van der Waals surface area contributed by atoms with Gasteiger partial charge in [-0.3, -0.25) is 4.79 Å². The predicted molar refractivity (Wildman–Crippen MR) is 73.0 cm³/mol. The summed E-state index contributed by atoms with van der Waals surface area (Å²) < 4.78 is 1.73. The fourth-order valence-electron chi connectivity index (χ4n) is 1.63. The van der Waals surface area contributed by atoms with Gasteiger partial charge in [0.2, 0.25) is 6.54 Å². The van der Waals surface area contributed by atoms with Crippen LogP contribution in [0.2, 0.25) is 0 Å². The Bertz CT molecular complexity index is 473. The van der Waals surface area contributed by atoms with E-state index in [1.807, 2.05) is 0 Å². The second-order valence-electron chi connectivity index (χ2n) is 3.93. The van der Waals surface area contributed by atoms with Crippen LogP contribution >= 0.6 is 0 Å². The summed E-state index contributed by atoms with van der Waals surface area (Å²) in [5, 5.41) is 11.4. The van der Waals surface area contributed by atoms with E-state index in [1.165, 1.54) is 6.21 Å². The highest BCUT2D eigenvalue weighted by Crippen LogP contribution is 1.94. The van der Waals surface area contributed by atoms with Gasteiger partial charge in [-0.05, 0) is 6.07 Å². The Morgan fingerprint density at radius 2 is 2.11 bits per heavy atom. The molecule has 0 saturated heterocycles. The number of aromatic nitrogens is 1. The molecule has 0 bridgehead atoms. The molecule has 0 atom stereocenters. The van der Waals surface area contributed by atoms with Crippen LogP contribution < -0.4 is 4.57 Å². The van der Waals surface area contributed by atoms with Crippen LogP contribution in [0.25, 0.3) is 0 Å². The molecule has 0 spiro atoms. The second-order valence-corrected chi connectivity index (χ2v) is 3.93. The Kier molecular flexibility index (Phi) is 6.02. The van der Waals surface area contributed by atoms with Gasteiger partial charge in [0.1, 0.15) is 0 Å². The molecule has 100 valence electrons. The lowest BCUT2D eigenvalue weighted by molar-refractivity contribution is -0.685. The predicted octanol–water partition coefficient (Wildman–Crippen LogP) is 0.983. The SMILES string of the molecule is C=CCN(CC=C)C(=O)C[n+]1cccc(C=NO)c1. The summed E-state index contributed by atoms with van der Waals surface area (Å²) >= 11 is 0. The molecule has 1 rings (SSSR count). The highest BCUT2D eigenvalue weighted by molar-refractivity contribution is 5.78. The average Bonchev–Trinajstić information content (AvgIpc) is 2.39. The maximum absolute atomic E-state index is 12.1. The van der Waals surface area contributed by atoms with E-state index in [0.29, 0.717) is 13.1 Å². The number of oxime groups is 1. The minimum atomic E-state index is -0.0251. The monoisotopic (exact) mass is 260 g/mol. The molecule has 1 aromatic heterocycles. The van der Waals surface area contributed by atoms with Crippen LogP contribution in [0, 0.1) is 0 Å². The zero-order valence-corrected chi connectivity index (χ0v) is 10.8. The number of nitrogens with zero attached hydrogens (tertiary/aromatic N) is 3. The number of carbonyl (C=O) groups is 1. The van der Waals surface area contributed by atoms with Gasteiger partial charge < -0.3 is 10.1 Å². The average molecular weight is 260 g/mol. The molecule has 0 unspecified atom stereocenters. The van der Waals surface area contributed by atoms with E-state index in [1.54, 1.807) is 46.1 Å². The molecule has 0 fully saturated rings. The number of carbonyl (C=O) groups excluding carboxylic acids is 1. The summed E-state index contributed by atoms with van der Waals surface area (Å²) in [7, 11) is 0. The van der Waals surface area contributed by atoms with Crippen LogP contribution in [-0.2, 0) is 11.3 Å². The first kappa shape index (κ1) is 14.6. The van der Waals surface area contributed by atoms with Gasteiger partial charge in [-0.2, -0.15) is 4.57 Å². The van der Waals surface area contributed by atoms with Crippen molar-refractivity contribution in [1.82, 2.24) is 4.90 Å². The van der Waals surface area contributed by atoms with Crippen LogP contribution in [0.5, 0.6) is 0 Å². The van der Waals surface area contributed by atoms with Crippen molar-refractivity contribution in [3.8, 4) is 0 Å². The van der Waals surface area contributed by atoms with E-state index in [9.17, 15) is 4.79 Å². The van der Waals surface area contributed by atoms with E-state index in [-0.39, 0.29) is 12.5 Å². The zero-order valence-electron chi connectivity index (χ0n) is 10.8. The van der Waals surface area contributed by atoms with Crippen molar-refractivity contribution in [2.24, 2.45) is 5.16 Å². The third-order valence-electron chi connectivity index (χ3n) is 2.46. The van der Waals surface area contributed by atoms with Crippen molar-refractivity contribution < 1.29 is 14.6 Å². The lowest BCUT2D eigenvalue weighted by Gasteiger charge is -2.17. The highest BCUT2D eigenvalue weighted by Gasteiger charge is 2.15. The van der Waals surface area contributed by atoms with E-state index in [4.69, 9.17) is 5.21 Å². The van der Waals surface area contributed by atoms with Crippen molar-refractivity contribution in [2.45, 2.75) is 6.54 Å². The molecule has 0 aromatic carbocycles. The van der Waals surface area contributed by atoms with Crippen LogP contribution in [0.1, 0.15) is 5.56 Å². The van der Waals surface area contributed by atoms with E-state index in [0.717, 1.165) is 5.56 Å². The van der Waals surface area contributed by atoms with Gasteiger partial charge in [0.25, 0.3) is 5.91 Å². The van der Waals surface area contributed by atoms with Crippen molar-refractivity contribution in [1.29, 1.82) is 0 Å². The third kappa shape index (κ3) is 4.75. The minimum Gasteiger partial charge on any atom is -0.411 e. The highest BCUT2D eigenvalue weighted by atomic mass is 16.4. The van der Waals surface area contributed by atoms with Crippen LogP contribution in [0.3, 0.4) is 0 Å². The molecule has 0 aliphatic carbocycles. The number of pyridine rings is 1. The Balaban J connectivity index is 2.76. The first-order chi connectivity index (χ1) is 9.21. The Morgan fingerprint density at radius 3 is 2.68 bits per heavy atom. The Morgan fingerprint density at radius 1 is 1.42 bits per heavy atom. The lowest BCUT2D eigenvalue weighted by Crippen LogP contribution is -2.44. The molecule has 0 aliphatic heterocycles. The summed E-state index contributed by atoms with van der Waals surface area (Å²) in [6.45, 7) is 8.46. The summed E-state index contributed by atoms with van der Waals surface area (Å²) in [6.07, 6.45) is 8.19. The molecule has 1 N–H and O–H groups in total. The Labute approximate surface area is 112 Å². The molecule has 1 amide bonds. The lowest BCUT2D eigenvalue weighted by atomic mass is 10.3. The number of hydrogen-bond donors (Lipinski definition) is 1. The van der Waals surface area contributed by atoms with Crippen LogP contribution in [-0.4, -0.2) is 35.3 Å². The van der Waals surface area contributed by atoms with Crippen molar-refractivity contribution in [2.75, 3.05) is 13.1 Å². The number of hydrogen-bond acceptors (Lipinski definition) is 3. The van der Waals surface area contributed by atoms with E-state index < -0.39 is 0 Å². The quantitative estimate of drug-likeness (QED) is 0.261. The van der Waals surface area contributed by atoms with Gasteiger partial charge in [0.15, 0.2) is 12.4 Å². The maximum atomic E-state index is 12.1. The number of rotatable bonds is 7. The molecule has 0 aliphatic rings. The maximum Gasteiger partial charge on any atom is 0.289 e. The topological polar surface area (TPSA) is 56.8 Å². The molecule has 1 heterocycles. The summed E-state index contributed by atoms with van der Waals surface area (Å²) in [5.41, 5.74) is 0.719. The molecular weight excluding hydrogens is 242 g/mol. The van der Waals surface area contributed by atoms with E-state index >= 15 is 0 Å². The van der Waals surface area contributed by atoms with Crippen molar-refractivity contribution in [3.05, 3.63) is 55.4 Å². The van der Waals surface area contributed by atoms with Gasteiger partial charge in [-0.25, -0.2) is 0 Å². The first-order valence-electron chi connectivity index (χ1n) is 5.87. The smallest absolute Gasteiger partial charge is 0.289 e. The summed E-state index contributed by atoms with van der Waals surface area (Å²) in [4.78, 5) is 13.7. The third-order valence-corrected chi connectivity index (χ3v) is 2.46. The zero-order chi connectivity index (χ0) is 14.1. The second kappa shape index (κ2) is 7.81. The van der Waals surface area contributed by atoms with Gasteiger partial charge >= 0.3 is 0 Å². The standard InChI is InChI=1S/C14H17N3O2/c1-3-7-17(8-4-2)14(18)12-16-9-5-6-13(11-16)10-15-19/h3-6,9-11H,1-2,7-8,12H2/p+1. The summed E-state index contributed by atoms with van der Waals surface area (Å²) in [5.74, 6) is -0.0251. The molecule has 1 aromatic rings. The van der Waals surface area contributed by atoms with Gasteiger partial charge in [-0.15, -0.1) is 13.2 Å². The van der Waals surface area contributed by atoms with Crippen molar-refractivity contribution in [3.63, 3.8) is 0 Å². The molecule has 0 saturated carbocycles. The van der Waals surface area contributed by atoms with Crippen LogP contribution in [0.4, 0.5) is 0 Å². The Hall–Kier alpha value is -2.43. The normalized spacial score (nSPS) is 10.3. The number of amides is 1. The molecule has 19 heavy (non-hydrogen) atoms. The fraction of sp³-hybridized carbons (Fsp3) is 0.214. The summed E-state index contributed by atoms with van der Waals surface area (Å²) in [6, 6.07) is 3.57. The molecule has 5 heteroatoms. The van der Waals surface area contributed by atoms with Gasteiger partial charge in [-0.1, -0.05) is 17.3 Å². The first-order valence-corrected chi connectivity index (χ1v) is 5.87.